The van der Waals surface area contributed by atoms with Crippen molar-refractivity contribution in [2.24, 2.45) is 20.5 Å². The fourth-order valence-electron chi connectivity index (χ4n) is 4.58. The molecule has 0 amide bonds. The van der Waals surface area contributed by atoms with Crippen LogP contribution in [0.4, 0.5) is 39.8 Å². The number of rotatable bonds is 7. The van der Waals surface area contributed by atoms with Crippen LogP contribution in [-0.4, -0.2) is 22.8 Å². The van der Waals surface area contributed by atoms with E-state index in [2.05, 4.69) is 20.5 Å². The Morgan fingerprint density at radius 3 is 1.87 bits per heavy atom. The molecule has 6 aromatic carbocycles. The van der Waals surface area contributed by atoms with Crippen molar-refractivity contribution in [3.8, 4) is 23.0 Å². The number of non-ortho nitro benzene ring substituents is 2. The molecule has 0 aromatic heterocycles. The normalized spacial score (nSPS) is 11.3. The summed E-state index contributed by atoms with van der Waals surface area (Å²) in [6.07, 6.45) is 0. The molecule has 0 bridgehead atoms. The topological polar surface area (TPSA) is 311 Å². The van der Waals surface area contributed by atoms with Crippen molar-refractivity contribution in [2.75, 3.05) is 5.73 Å². The molecule has 0 saturated carbocycles. The molecule has 2 N–H and O–H groups in total. The Bertz CT molecular complexity index is 2550. The van der Waals surface area contributed by atoms with Crippen molar-refractivity contribution in [2.45, 2.75) is 4.90 Å². The van der Waals surface area contributed by atoms with Crippen LogP contribution in [0.5, 0.6) is 23.0 Å². The zero-order valence-electron chi connectivity index (χ0n) is 25.8. The van der Waals surface area contributed by atoms with Crippen molar-refractivity contribution < 1.29 is 60.6 Å². The summed E-state index contributed by atoms with van der Waals surface area (Å²) in [6.45, 7) is 0. The number of fused-ring (bicyclic) bond motifs is 2. The summed E-state index contributed by atoms with van der Waals surface area (Å²) < 4.78 is 34.7. The molecule has 0 fully saturated rings. The van der Waals surface area contributed by atoms with Crippen LogP contribution in [0, 0.1) is 20.2 Å². The van der Waals surface area contributed by atoms with Gasteiger partial charge >= 0.3 is 17.4 Å². The number of nitro groups is 2. The summed E-state index contributed by atoms with van der Waals surface area (Å²) in [5.41, 5.74) is 3.86. The van der Waals surface area contributed by atoms with E-state index in [1.807, 2.05) is 12.1 Å². The maximum Gasteiger partial charge on any atom is 3.00 e. The van der Waals surface area contributed by atoms with Crippen LogP contribution in [0.25, 0.3) is 21.5 Å². The Morgan fingerprint density at radius 1 is 0.577 bits per heavy atom. The van der Waals surface area contributed by atoms with Crippen LogP contribution in [0.15, 0.2) is 122 Å². The molecule has 0 aliphatic carbocycles. The summed E-state index contributed by atoms with van der Waals surface area (Å²) in [5.74, 6) is -2.62. The van der Waals surface area contributed by atoms with Gasteiger partial charge in [-0.1, -0.05) is 71.5 Å². The molecule has 0 saturated heterocycles. The van der Waals surface area contributed by atoms with Crippen molar-refractivity contribution in [3.05, 3.63) is 117 Å². The maximum atomic E-state index is 12.6. The number of hydrogen-bond donors (Lipinski definition) is 1. The van der Waals surface area contributed by atoms with Crippen LogP contribution in [0.3, 0.4) is 0 Å². The SMILES string of the molecule is Nc1ccc2c([O-])c(N=Nc3ccc([N+](=O)[O-])cc3[O-])c(S(=O)(=O)[O-])cc2c1.O=[N+]([O-])c1ccc([O-])c(N=Nc2c([O-])ccc3ccccc23)c1.[Cr+3]. The molecule has 20 heteroatoms. The Kier molecular flexibility index (Phi) is 11.3. The molecule has 18 nitrogen and oxygen atoms in total. The second kappa shape index (κ2) is 15.4. The van der Waals surface area contributed by atoms with Gasteiger partial charge in [0.25, 0.3) is 11.4 Å². The monoisotopic (exact) mass is 760 g/mol. The molecule has 52 heavy (non-hydrogen) atoms. The average molecular weight is 761 g/mol. The third-order valence-corrected chi connectivity index (χ3v) is 7.86. The van der Waals surface area contributed by atoms with Gasteiger partial charge in [0.05, 0.1) is 37.5 Å². The van der Waals surface area contributed by atoms with Gasteiger partial charge in [0.1, 0.15) is 10.1 Å². The average Bonchev–Trinajstić information content (AvgIpc) is 3.08. The molecule has 0 spiro atoms. The Hall–Kier alpha value is -6.72. The zero-order valence-corrected chi connectivity index (χ0v) is 27.9. The van der Waals surface area contributed by atoms with E-state index in [-0.39, 0.29) is 62.3 Å². The minimum atomic E-state index is -5.10. The molecule has 0 aliphatic heterocycles. The quantitative estimate of drug-likeness (QED) is 0.0730. The van der Waals surface area contributed by atoms with E-state index in [1.54, 1.807) is 18.2 Å². The van der Waals surface area contributed by atoms with Gasteiger partial charge in [0, 0.05) is 35.3 Å². The first-order valence-corrected chi connectivity index (χ1v) is 15.5. The molecule has 0 heterocycles. The van der Waals surface area contributed by atoms with Gasteiger partial charge in [-0.3, -0.25) is 20.2 Å². The van der Waals surface area contributed by atoms with Gasteiger partial charge in [0.15, 0.2) is 0 Å². The van der Waals surface area contributed by atoms with Crippen molar-refractivity contribution in [3.63, 3.8) is 0 Å². The number of nitrogens with zero attached hydrogens (tertiary/aromatic N) is 6. The first-order valence-electron chi connectivity index (χ1n) is 14.1. The Labute approximate surface area is 302 Å². The van der Waals surface area contributed by atoms with Crippen molar-refractivity contribution in [1.29, 1.82) is 0 Å². The second-order valence-electron chi connectivity index (χ2n) is 10.3. The minimum Gasteiger partial charge on any atom is -0.871 e. The fourth-order valence-corrected chi connectivity index (χ4v) is 5.23. The third kappa shape index (κ3) is 8.35. The summed E-state index contributed by atoms with van der Waals surface area (Å²) in [5, 5.41) is 85.7. The van der Waals surface area contributed by atoms with Crippen LogP contribution in [-0.2, 0) is 27.5 Å². The number of nitro benzene ring substituents is 2. The molecule has 6 aromatic rings. The summed E-state index contributed by atoms with van der Waals surface area (Å²) >= 11 is 0. The fraction of sp³-hybridized carbons (Fsp3) is 0. The standard InChI is InChI=1S/C16H12N4O7S.C16H11N3O4.Cr/c17-9-1-3-11-8(5-9)6-14(28(25,26)27)15(16(11)22)19-18-12-4-2-10(20(23)24)7-13(12)21;20-14-8-6-11(19(22)23)9-13(14)17-18-16-12-4-2-1-3-10(12)5-7-15(16)21;/h1-7,21-22H,17H2,(H,25,26,27);1-9,20-21H;/q;;+3/p-5. The number of nitrogens with two attached hydrogens (primary N) is 1. The van der Waals surface area contributed by atoms with Crippen LogP contribution in [0.2, 0.25) is 0 Å². The predicted molar refractivity (Wildman–Crippen MR) is 173 cm³/mol. The van der Waals surface area contributed by atoms with Gasteiger partial charge in [-0.15, -0.1) is 5.11 Å². The number of azo groups is 2. The first kappa shape index (κ1) is 38.1. The second-order valence-corrected chi connectivity index (χ2v) is 11.7. The largest absolute Gasteiger partial charge is 3.00 e. The van der Waals surface area contributed by atoms with E-state index in [4.69, 9.17) is 5.73 Å². The van der Waals surface area contributed by atoms with E-state index < -0.39 is 53.5 Å². The summed E-state index contributed by atoms with van der Waals surface area (Å²) in [6, 6.07) is 21.0. The van der Waals surface area contributed by atoms with Gasteiger partial charge in [0.2, 0.25) is 0 Å². The van der Waals surface area contributed by atoms with Gasteiger partial charge in [-0.25, -0.2) is 8.42 Å². The van der Waals surface area contributed by atoms with E-state index in [9.17, 15) is 53.6 Å². The molecule has 0 aliphatic rings. The zero-order chi connectivity index (χ0) is 37.0. The molecule has 1 radical (unpaired) electrons. The van der Waals surface area contributed by atoms with Gasteiger partial charge in [-0.2, -0.15) is 15.3 Å². The van der Waals surface area contributed by atoms with Gasteiger partial charge < -0.3 is 30.7 Å². The number of hydrogen-bond acceptors (Lipinski definition) is 16. The first-order chi connectivity index (χ1) is 24.1. The number of anilines is 1. The Balaban J connectivity index is 0.000000232. The van der Waals surface area contributed by atoms with Crippen LogP contribution >= 0.6 is 0 Å². The van der Waals surface area contributed by atoms with E-state index in [0.29, 0.717) is 11.5 Å². The number of benzene rings is 6. The number of nitrogen functional groups attached to an aromatic ring is 1. The molecular weight excluding hydrogens is 742 g/mol. The van der Waals surface area contributed by atoms with E-state index >= 15 is 0 Å². The molecule has 0 atom stereocenters. The Morgan fingerprint density at radius 2 is 1.19 bits per heavy atom. The van der Waals surface area contributed by atoms with Crippen molar-refractivity contribution >= 4 is 71.5 Å². The summed E-state index contributed by atoms with van der Waals surface area (Å²) in [4.78, 5) is 19.1. The van der Waals surface area contributed by atoms with E-state index in [0.717, 1.165) is 41.8 Å². The smallest absolute Gasteiger partial charge is 0.871 e. The van der Waals surface area contributed by atoms with Crippen LogP contribution in [0.1, 0.15) is 0 Å². The summed E-state index contributed by atoms with van der Waals surface area (Å²) in [7, 11) is -5.10. The van der Waals surface area contributed by atoms with Gasteiger partial charge in [-0.05, 0) is 40.4 Å². The van der Waals surface area contributed by atoms with Crippen LogP contribution < -0.4 is 26.2 Å². The van der Waals surface area contributed by atoms with E-state index in [1.165, 1.54) is 24.3 Å². The minimum absolute atomic E-state index is 0. The maximum absolute atomic E-state index is 12.6. The molecular formula is C32H18CrN7O11S-2. The molecule has 6 rings (SSSR count). The molecule has 0 unspecified atom stereocenters. The third-order valence-electron chi connectivity index (χ3n) is 7.01. The van der Waals surface area contributed by atoms with Crippen molar-refractivity contribution in [1.82, 2.24) is 0 Å². The predicted octanol–water partition coefficient (Wildman–Crippen LogP) is 5.11. The molecule has 261 valence electrons.